The predicted molar refractivity (Wildman–Crippen MR) is 118 cm³/mol. The molecule has 0 spiro atoms. The topological polar surface area (TPSA) is 67.9 Å². The molecule has 1 unspecified atom stereocenters. The van der Waals surface area contributed by atoms with Crippen LogP contribution in [0, 0.1) is 0 Å². The van der Waals surface area contributed by atoms with Gasteiger partial charge in [0.05, 0.1) is 10.6 Å². The maximum absolute atomic E-state index is 12.6. The van der Waals surface area contributed by atoms with Crippen LogP contribution in [0.4, 0.5) is 5.69 Å². The van der Waals surface area contributed by atoms with Gasteiger partial charge in [0.2, 0.25) is 0 Å². The predicted octanol–water partition coefficient (Wildman–Crippen LogP) is 4.50. The summed E-state index contributed by atoms with van der Waals surface area (Å²) < 4.78 is 12.1. The Kier molecular flexibility index (Phi) is 6.69. The van der Waals surface area contributed by atoms with Gasteiger partial charge >= 0.3 is 0 Å². The second kappa shape index (κ2) is 9.62. The van der Waals surface area contributed by atoms with Gasteiger partial charge in [-0.3, -0.25) is 9.59 Å². The molecule has 2 amide bonds. The number of rotatable bonds is 6. The van der Waals surface area contributed by atoms with Gasteiger partial charge in [-0.1, -0.05) is 0 Å². The van der Waals surface area contributed by atoms with Crippen LogP contribution in [0.15, 0.2) is 46.9 Å². The van der Waals surface area contributed by atoms with Gasteiger partial charge in [-0.05, 0) is 84.1 Å². The van der Waals surface area contributed by atoms with E-state index in [9.17, 15) is 9.59 Å². The number of anilines is 1. The Balaban J connectivity index is 1.34. The molecule has 0 aromatic heterocycles. The molecule has 2 saturated heterocycles. The number of amides is 2. The van der Waals surface area contributed by atoms with Gasteiger partial charge in [-0.2, -0.15) is 0 Å². The number of hydrogen-bond acceptors (Lipinski definition) is 4. The number of nitrogens with zero attached hydrogens (tertiary/aromatic N) is 1. The Morgan fingerprint density at radius 1 is 1.07 bits per heavy atom. The molecule has 2 heterocycles. The van der Waals surface area contributed by atoms with Crippen molar-refractivity contribution in [1.82, 2.24) is 4.90 Å². The third-order valence-corrected chi connectivity index (χ3v) is 6.05. The molecule has 1 N–H and O–H groups in total. The minimum absolute atomic E-state index is 0.0490. The van der Waals surface area contributed by atoms with Crippen LogP contribution in [0.5, 0.6) is 5.75 Å². The van der Waals surface area contributed by atoms with E-state index in [2.05, 4.69) is 21.2 Å². The summed E-state index contributed by atoms with van der Waals surface area (Å²) in [7, 11) is 0. The van der Waals surface area contributed by atoms with Crippen LogP contribution in [0.3, 0.4) is 0 Å². The molecular formula is C23H25BrN2O4. The molecule has 2 aliphatic heterocycles. The van der Waals surface area contributed by atoms with E-state index in [1.54, 1.807) is 42.5 Å². The molecule has 30 heavy (non-hydrogen) atoms. The fourth-order valence-corrected chi connectivity index (χ4v) is 4.21. The molecule has 6 nitrogen and oxygen atoms in total. The van der Waals surface area contributed by atoms with Crippen molar-refractivity contribution in [2.75, 3.05) is 31.6 Å². The van der Waals surface area contributed by atoms with Crippen LogP contribution in [-0.2, 0) is 4.74 Å². The summed E-state index contributed by atoms with van der Waals surface area (Å²) >= 11 is 3.48. The van der Waals surface area contributed by atoms with Crippen molar-refractivity contribution < 1.29 is 19.1 Å². The second-order valence-corrected chi connectivity index (χ2v) is 8.48. The van der Waals surface area contributed by atoms with Gasteiger partial charge in [-0.15, -0.1) is 0 Å². The molecule has 2 aliphatic rings. The number of benzene rings is 2. The zero-order valence-electron chi connectivity index (χ0n) is 16.7. The number of likely N-dealkylation sites (tertiary alicyclic amines) is 1. The minimum Gasteiger partial charge on any atom is -0.490 e. The molecule has 2 fully saturated rings. The first kappa shape index (κ1) is 20.9. The molecule has 7 heteroatoms. The number of hydrogen-bond donors (Lipinski definition) is 1. The largest absolute Gasteiger partial charge is 0.490 e. The molecule has 0 radical (unpaired) electrons. The van der Waals surface area contributed by atoms with Gasteiger partial charge in [0.25, 0.3) is 11.8 Å². The number of carbonyl (C=O) groups is 2. The number of nitrogens with one attached hydrogen (secondary N) is 1. The Labute approximate surface area is 184 Å². The first-order chi connectivity index (χ1) is 14.6. The Bertz CT molecular complexity index is 904. The van der Waals surface area contributed by atoms with Crippen LogP contribution in [0.1, 0.15) is 46.4 Å². The molecule has 1 atom stereocenters. The molecule has 4 rings (SSSR count). The van der Waals surface area contributed by atoms with Gasteiger partial charge in [-0.25, -0.2) is 0 Å². The van der Waals surface area contributed by atoms with Crippen molar-refractivity contribution in [3.05, 3.63) is 58.1 Å². The van der Waals surface area contributed by atoms with Crippen LogP contribution >= 0.6 is 15.9 Å². The van der Waals surface area contributed by atoms with Gasteiger partial charge in [0.15, 0.2) is 0 Å². The highest BCUT2D eigenvalue weighted by Gasteiger charge is 2.20. The van der Waals surface area contributed by atoms with Crippen LogP contribution in [0.25, 0.3) is 0 Å². The fraction of sp³-hybridized carbons (Fsp3) is 0.391. The highest BCUT2D eigenvalue weighted by atomic mass is 79.9. The summed E-state index contributed by atoms with van der Waals surface area (Å²) in [6.45, 7) is 2.94. The normalized spacial score (nSPS) is 18.4. The van der Waals surface area contributed by atoms with Crippen molar-refractivity contribution >= 4 is 33.4 Å². The van der Waals surface area contributed by atoms with E-state index in [0.717, 1.165) is 49.9 Å². The average Bonchev–Trinajstić information content (AvgIpc) is 3.47. The summed E-state index contributed by atoms with van der Waals surface area (Å²) in [5.41, 5.74) is 1.81. The van der Waals surface area contributed by atoms with Crippen molar-refractivity contribution in [1.29, 1.82) is 0 Å². The zero-order chi connectivity index (χ0) is 20.9. The average molecular weight is 473 g/mol. The lowest BCUT2D eigenvalue weighted by Gasteiger charge is -2.15. The molecule has 0 aliphatic carbocycles. The van der Waals surface area contributed by atoms with E-state index in [0.29, 0.717) is 29.2 Å². The maximum Gasteiger partial charge on any atom is 0.255 e. The third kappa shape index (κ3) is 5.02. The Hall–Kier alpha value is -2.38. The molecule has 158 valence electrons. The minimum atomic E-state index is -0.222. The van der Waals surface area contributed by atoms with E-state index >= 15 is 0 Å². The van der Waals surface area contributed by atoms with Crippen LogP contribution < -0.4 is 10.1 Å². The van der Waals surface area contributed by atoms with E-state index in [1.807, 2.05) is 4.90 Å². The van der Waals surface area contributed by atoms with Gasteiger partial charge < -0.3 is 19.7 Å². The van der Waals surface area contributed by atoms with E-state index in [-0.39, 0.29) is 17.9 Å². The van der Waals surface area contributed by atoms with Gasteiger partial charge in [0.1, 0.15) is 12.4 Å². The quantitative estimate of drug-likeness (QED) is 0.671. The van der Waals surface area contributed by atoms with E-state index in [4.69, 9.17) is 9.47 Å². The zero-order valence-corrected chi connectivity index (χ0v) is 18.3. The summed E-state index contributed by atoms with van der Waals surface area (Å²) in [5.74, 6) is 0.514. The third-order valence-electron chi connectivity index (χ3n) is 5.43. The summed E-state index contributed by atoms with van der Waals surface area (Å²) in [6, 6.07) is 12.3. The van der Waals surface area contributed by atoms with Crippen molar-refractivity contribution in [3.8, 4) is 5.75 Å². The number of carbonyl (C=O) groups excluding carboxylic acids is 2. The first-order valence-corrected chi connectivity index (χ1v) is 11.1. The maximum atomic E-state index is 12.6. The summed E-state index contributed by atoms with van der Waals surface area (Å²) in [6.07, 6.45) is 4.35. The number of halogens is 1. The van der Waals surface area contributed by atoms with Crippen LogP contribution in [-0.4, -0.2) is 49.1 Å². The Morgan fingerprint density at radius 2 is 1.80 bits per heavy atom. The molecule has 2 aromatic carbocycles. The highest BCUT2D eigenvalue weighted by Crippen LogP contribution is 2.27. The molecule has 0 bridgehead atoms. The van der Waals surface area contributed by atoms with Crippen LogP contribution in [0.2, 0.25) is 0 Å². The SMILES string of the molecule is O=C(Nc1ccc(C(=O)N2CCCC2)cc1)c1ccc(OCC2CCCO2)c(Br)c1. The monoisotopic (exact) mass is 472 g/mol. The molecule has 0 saturated carbocycles. The summed E-state index contributed by atoms with van der Waals surface area (Å²) in [4.78, 5) is 26.9. The standard InChI is InChI=1S/C23H25BrN2O4/c24-20-14-17(7-10-21(20)30-15-19-4-3-13-29-19)22(27)25-18-8-5-16(6-9-18)23(28)26-11-1-2-12-26/h5-10,14,19H,1-4,11-13,15H2,(H,25,27). The highest BCUT2D eigenvalue weighted by molar-refractivity contribution is 9.10. The smallest absolute Gasteiger partial charge is 0.255 e. The lowest BCUT2D eigenvalue weighted by atomic mass is 10.1. The van der Waals surface area contributed by atoms with E-state index < -0.39 is 0 Å². The van der Waals surface area contributed by atoms with Crippen molar-refractivity contribution in [3.63, 3.8) is 0 Å². The Morgan fingerprint density at radius 3 is 2.47 bits per heavy atom. The van der Waals surface area contributed by atoms with Gasteiger partial charge in [0, 0.05) is 36.5 Å². The van der Waals surface area contributed by atoms with E-state index in [1.165, 1.54) is 0 Å². The second-order valence-electron chi connectivity index (χ2n) is 7.62. The lowest BCUT2D eigenvalue weighted by molar-refractivity contribution is 0.0677. The number of ether oxygens (including phenoxy) is 2. The molecular weight excluding hydrogens is 448 g/mol. The molecule has 2 aromatic rings. The van der Waals surface area contributed by atoms with Crippen molar-refractivity contribution in [2.24, 2.45) is 0 Å². The first-order valence-electron chi connectivity index (χ1n) is 10.3. The van der Waals surface area contributed by atoms with Crippen molar-refractivity contribution in [2.45, 2.75) is 31.8 Å². The summed E-state index contributed by atoms with van der Waals surface area (Å²) in [5, 5.41) is 2.87. The lowest BCUT2D eigenvalue weighted by Crippen LogP contribution is -2.27. The fourth-order valence-electron chi connectivity index (χ4n) is 3.72.